The highest BCUT2D eigenvalue weighted by Gasteiger charge is 2.28. The lowest BCUT2D eigenvalue weighted by atomic mass is 10.2. The molecular weight excluding hydrogens is 252 g/mol. The average molecular weight is 270 g/mol. The minimum atomic E-state index is 0.0114. The number of oxazole rings is 1. The fraction of sp³-hybridized carbons (Fsp3) is 0.375. The molecule has 1 amide bonds. The highest BCUT2D eigenvalue weighted by atomic mass is 16.3. The van der Waals surface area contributed by atoms with Crippen LogP contribution in [0, 0.1) is 5.92 Å². The van der Waals surface area contributed by atoms with Gasteiger partial charge in [-0.25, -0.2) is 4.98 Å². The molecule has 0 saturated heterocycles. The summed E-state index contributed by atoms with van der Waals surface area (Å²) in [6.07, 6.45) is 4.28. The van der Waals surface area contributed by atoms with Crippen LogP contribution in [-0.4, -0.2) is 16.9 Å². The largest absolute Gasteiger partial charge is 0.444 e. The number of amides is 1. The highest BCUT2D eigenvalue weighted by Crippen LogP contribution is 2.32. The lowest BCUT2D eigenvalue weighted by molar-refractivity contribution is -0.121. The standard InChI is InChI=1S/C16H18N2O2/c1-11(12-7-8-12)17-15(19)9-14-10-20-16(18-14)13-5-3-2-4-6-13/h2-6,10-12H,7-9H2,1H3,(H,17,19)/t11-/m1/s1. The van der Waals surface area contributed by atoms with Gasteiger partial charge in [0.05, 0.1) is 12.1 Å². The molecule has 0 spiro atoms. The molecule has 1 N–H and O–H groups in total. The second-order valence-corrected chi connectivity index (χ2v) is 5.38. The molecule has 1 heterocycles. The quantitative estimate of drug-likeness (QED) is 0.909. The summed E-state index contributed by atoms with van der Waals surface area (Å²) >= 11 is 0. The minimum Gasteiger partial charge on any atom is -0.444 e. The number of hydrogen-bond donors (Lipinski definition) is 1. The summed E-state index contributed by atoms with van der Waals surface area (Å²) < 4.78 is 5.43. The Morgan fingerprint density at radius 3 is 2.85 bits per heavy atom. The van der Waals surface area contributed by atoms with Gasteiger partial charge in [0.15, 0.2) is 0 Å². The van der Waals surface area contributed by atoms with Gasteiger partial charge in [-0.3, -0.25) is 4.79 Å². The third-order valence-electron chi connectivity index (χ3n) is 3.63. The topological polar surface area (TPSA) is 55.1 Å². The molecule has 1 aliphatic rings. The number of nitrogens with one attached hydrogen (secondary N) is 1. The molecule has 3 rings (SSSR count). The smallest absolute Gasteiger partial charge is 0.226 e. The van der Waals surface area contributed by atoms with E-state index in [-0.39, 0.29) is 18.4 Å². The van der Waals surface area contributed by atoms with Gasteiger partial charge < -0.3 is 9.73 Å². The second kappa shape index (κ2) is 5.49. The highest BCUT2D eigenvalue weighted by molar-refractivity contribution is 5.78. The Morgan fingerprint density at radius 1 is 1.40 bits per heavy atom. The summed E-state index contributed by atoms with van der Waals surface area (Å²) in [5.74, 6) is 1.23. The molecule has 104 valence electrons. The van der Waals surface area contributed by atoms with E-state index < -0.39 is 0 Å². The maximum Gasteiger partial charge on any atom is 0.226 e. The summed E-state index contributed by atoms with van der Waals surface area (Å²) in [6, 6.07) is 9.95. The van der Waals surface area contributed by atoms with Crippen molar-refractivity contribution in [3.8, 4) is 11.5 Å². The number of carbonyl (C=O) groups is 1. The third-order valence-corrected chi connectivity index (χ3v) is 3.63. The predicted octanol–water partition coefficient (Wildman–Crippen LogP) is 2.80. The zero-order valence-corrected chi connectivity index (χ0v) is 11.5. The van der Waals surface area contributed by atoms with Crippen molar-refractivity contribution in [2.24, 2.45) is 5.92 Å². The van der Waals surface area contributed by atoms with E-state index in [0.29, 0.717) is 17.5 Å². The molecule has 1 fully saturated rings. The van der Waals surface area contributed by atoms with E-state index in [0.717, 1.165) is 5.56 Å². The predicted molar refractivity (Wildman–Crippen MR) is 76.0 cm³/mol. The monoisotopic (exact) mass is 270 g/mol. The lowest BCUT2D eigenvalue weighted by Gasteiger charge is -2.11. The van der Waals surface area contributed by atoms with E-state index in [1.165, 1.54) is 12.8 Å². The molecular formula is C16H18N2O2. The van der Waals surface area contributed by atoms with Crippen LogP contribution in [-0.2, 0) is 11.2 Å². The number of nitrogens with zero attached hydrogens (tertiary/aromatic N) is 1. The summed E-state index contributed by atoms with van der Waals surface area (Å²) in [5, 5.41) is 3.02. The number of carbonyl (C=O) groups excluding carboxylic acids is 1. The first-order valence-electron chi connectivity index (χ1n) is 7.01. The van der Waals surface area contributed by atoms with Crippen molar-refractivity contribution in [2.75, 3.05) is 0 Å². The second-order valence-electron chi connectivity index (χ2n) is 5.38. The van der Waals surface area contributed by atoms with Gasteiger partial charge in [-0.2, -0.15) is 0 Å². The molecule has 1 atom stereocenters. The Hall–Kier alpha value is -2.10. The SMILES string of the molecule is C[C@@H](NC(=O)Cc1coc(-c2ccccc2)n1)C1CC1. The third kappa shape index (κ3) is 3.07. The average Bonchev–Trinajstić information content (AvgIpc) is 3.21. The fourth-order valence-corrected chi connectivity index (χ4v) is 2.29. The molecule has 4 heteroatoms. The molecule has 1 aromatic carbocycles. The summed E-state index contributed by atoms with van der Waals surface area (Å²) in [7, 11) is 0. The summed E-state index contributed by atoms with van der Waals surface area (Å²) in [6.45, 7) is 2.06. The van der Waals surface area contributed by atoms with E-state index in [4.69, 9.17) is 4.42 Å². The van der Waals surface area contributed by atoms with Crippen molar-refractivity contribution in [1.82, 2.24) is 10.3 Å². The Labute approximate surface area is 118 Å². The Kier molecular flexibility index (Phi) is 3.54. The Balaban J connectivity index is 1.61. The maximum absolute atomic E-state index is 11.9. The van der Waals surface area contributed by atoms with E-state index in [1.54, 1.807) is 6.26 Å². The van der Waals surface area contributed by atoms with Crippen LogP contribution < -0.4 is 5.32 Å². The first-order chi connectivity index (χ1) is 9.72. The molecule has 1 saturated carbocycles. The van der Waals surface area contributed by atoms with Crippen LogP contribution in [0.5, 0.6) is 0 Å². The van der Waals surface area contributed by atoms with Crippen LogP contribution in [0.1, 0.15) is 25.5 Å². The molecule has 0 aliphatic heterocycles. The van der Waals surface area contributed by atoms with Gasteiger partial charge in [-0.05, 0) is 37.8 Å². The first-order valence-corrected chi connectivity index (χ1v) is 7.01. The van der Waals surface area contributed by atoms with Crippen LogP contribution in [0.15, 0.2) is 41.0 Å². The van der Waals surface area contributed by atoms with Crippen LogP contribution in [0.2, 0.25) is 0 Å². The molecule has 1 aliphatic carbocycles. The number of aromatic nitrogens is 1. The van der Waals surface area contributed by atoms with Crippen LogP contribution >= 0.6 is 0 Å². The van der Waals surface area contributed by atoms with Crippen LogP contribution in [0.25, 0.3) is 11.5 Å². The minimum absolute atomic E-state index is 0.0114. The van der Waals surface area contributed by atoms with E-state index in [2.05, 4.69) is 17.2 Å². The zero-order valence-electron chi connectivity index (χ0n) is 11.5. The van der Waals surface area contributed by atoms with Gasteiger partial charge in [-0.15, -0.1) is 0 Å². The van der Waals surface area contributed by atoms with Gasteiger partial charge >= 0.3 is 0 Å². The molecule has 0 radical (unpaired) electrons. The van der Waals surface area contributed by atoms with Gasteiger partial charge in [-0.1, -0.05) is 18.2 Å². The normalized spacial score (nSPS) is 15.8. The van der Waals surface area contributed by atoms with Crippen LogP contribution in [0.4, 0.5) is 0 Å². The Bertz CT molecular complexity index is 588. The van der Waals surface area contributed by atoms with Crippen molar-refractivity contribution in [1.29, 1.82) is 0 Å². The van der Waals surface area contributed by atoms with Gasteiger partial charge in [0.25, 0.3) is 0 Å². The van der Waals surface area contributed by atoms with Gasteiger partial charge in [0.1, 0.15) is 6.26 Å². The van der Waals surface area contributed by atoms with E-state index in [1.807, 2.05) is 30.3 Å². The van der Waals surface area contributed by atoms with E-state index >= 15 is 0 Å². The van der Waals surface area contributed by atoms with Gasteiger partial charge in [0.2, 0.25) is 11.8 Å². The number of rotatable bonds is 5. The summed E-state index contributed by atoms with van der Waals surface area (Å²) in [4.78, 5) is 16.3. The fourth-order valence-electron chi connectivity index (χ4n) is 2.29. The lowest BCUT2D eigenvalue weighted by Crippen LogP contribution is -2.35. The number of benzene rings is 1. The molecule has 20 heavy (non-hydrogen) atoms. The van der Waals surface area contributed by atoms with E-state index in [9.17, 15) is 4.79 Å². The molecule has 1 aromatic heterocycles. The van der Waals surface area contributed by atoms with Crippen molar-refractivity contribution in [2.45, 2.75) is 32.2 Å². The van der Waals surface area contributed by atoms with Crippen molar-refractivity contribution in [3.05, 3.63) is 42.3 Å². The van der Waals surface area contributed by atoms with Crippen molar-refractivity contribution in [3.63, 3.8) is 0 Å². The Morgan fingerprint density at radius 2 is 2.15 bits per heavy atom. The maximum atomic E-state index is 11.9. The molecule has 2 aromatic rings. The zero-order chi connectivity index (χ0) is 13.9. The molecule has 4 nitrogen and oxygen atoms in total. The molecule has 0 bridgehead atoms. The van der Waals surface area contributed by atoms with Crippen LogP contribution in [0.3, 0.4) is 0 Å². The summed E-state index contributed by atoms with van der Waals surface area (Å²) in [5.41, 5.74) is 1.59. The first kappa shape index (κ1) is 12.9. The van der Waals surface area contributed by atoms with Crippen molar-refractivity contribution < 1.29 is 9.21 Å². The van der Waals surface area contributed by atoms with Gasteiger partial charge in [0, 0.05) is 11.6 Å². The van der Waals surface area contributed by atoms with Crippen molar-refractivity contribution >= 4 is 5.91 Å². The number of hydrogen-bond acceptors (Lipinski definition) is 3. The molecule has 0 unspecified atom stereocenters.